The smallest absolute Gasteiger partial charge is 0.351 e. The second-order valence-corrected chi connectivity index (χ2v) is 2.97. The molecule has 0 aromatic heterocycles. The summed E-state index contributed by atoms with van der Waals surface area (Å²) in [5.41, 5.74) is 4.61. The third-order valence-electron chi connectivity index (χ3n) is 0.819. The predicted molar refractivity (Wildman–Crippen MR) is 38.0 cm³/mol. The van der Waals surface area contributed by atoms with E-state index >= 15 is 0 Å². The van der Waals surface area contributed by atoms with Gasteiger partial charge in [-0.05, 0) is 0 Å². The molecule has 0 bridgehead atoms. The van der Waals surface area contributed by atoms with Crippen LogP contribution in [0.25, 0.3) is 0 Å². The van der Waals surface area contributed by atoms with Crippen LogP contribution in [-0.2, 0) is 10.3 Å². The molecular weight excluding hydrogens is 172 g/mol. The number of rotatable bonds is 3. The molecule has 0 aromatic rings. The van der Waals surface area contributed by atoms with Crippen molar-refractivity contribution in [3.8, 4) is 0 Å². The molecule has 0 aliphatic carbocycles. The monoisotopic (exact) mass is 180 g/mol. The number of carbonyl (C=O) groups is 1. The third-order valence-corrected chi connectivity index (χ3v) is 1.71. The normalized spacial score (nSPS) is 10.6. The maximum Gasteiger partial charge on any atom is 0.363 e. The molecule has 0 aliphatic rings. The third kappa shape index (κ3) is 3.01. The zero-order valence-electron chi connectivity index (χ0n) is 5.60. The summed E-state index contributed by atoms with van der Waals surface area (Å²) in [6.07, 6.45) is 1.12. The summed E-state index contributed by atoms with van der Waals surface area (Å²) in [6.45, 7) is 2.83. The van der Waals surface area contributed by atoms with E-state index in [2.05, 4.69) is 12.3 Å². The Balaban J connectivity index is 4.62. The SMILES string of the molecule is C=CCN(C(N)=O)S(=O)(=O)O. The zero-order chi connectivity index (χ0) is 9.07. The maximum atomic E-state index is 10.3. The lowest BCUT2D eigenvalue weighted by atomic mass is 10.6. The molecule has 0 fully saturated rings. The van der Waals surface area contributed by atoms with Crippen molar-refractivity contribution in [2.75, 3.05) is 6.54 Å². The first-order chi connectivity index (χ1) is 4.89. The van der Waals surface area contributed by atoms with Crippen LogP contribution in [-0.4, -0.2) is 29.9 Å². The molecule has 3 N–H and O–H groups in total. The molecule has 0 saturated heterocycles. The van der Waals surface area contributed by atoms with Gasteiger partial charge in [-0.2, -0.15) is 12.7 Å². The Morgan fingerprint density at radius 2 is 2.18 bits per heavy atom. The minimum Gasteiger partial charge on any atom is -0.351 e. The summed E-state index contributed by atoms with van der Waals surface area (Å²) in [5, 5.41) is 0. The van der Waals surface area contributed by atoms with E-state index in [1.165, 1.54) is 0 Å². The summed E-state index contributed by atoms with van der Waals surface area (Å²) in [5.74, 6) is 0. The van der Waals surface area contributed by atoms with Crippen LogP contribution >= 0.6 is 0 Å². The average Bonchev–Trinajstić information content (AvgIpc) is 1.79. The lowest BCUT2D eigenvalue weighted by Gasteiger charge is -2.12. The first kappa shape index (κ1) is 9.92. The van der Waals surface area contributed by atoms with Crippen LogP contribution in [0.1, 0.15) is 0 Å². The quantitative estimate of drug-likeness (QED) is 0.445. The van der Waals surface area contributed by atoms with E-state index in [1.807, 2.05) is 0 Å². The average molecular weight is 180 g/mol. The van der Waals surface area contributed by atoms with Gasteiger partial charge in [0.05, 0.1) is 6.54 Å². The van der Waals surface area contributed by atoms with Crippen molar-refractivity contribution < 1.29 is 17.8 Å². The van der Waals surface area contributed by atoms with Crippen LogP contribution in [0.3, 0.4) is 0 Å². The van der Waals surface area contributed by atoms with Crippen LogP contribution < -0.4 is 5.73 Å². The molecule has 0 spiro atoms. The largest absolute Gasteiger partial charge is 0.363 e. The fourth-order valence-corrected chi connectivity index (χ4v) is 0.936. The van der Waals surface area contributed by atoms with Gasteiger partial charge in [0.1, 0.15) is 0 Å². The predicted octanol–water partition coefficient (Wildman–Crippen LogP) is -0.644. The summed E-state index contributed by atoms with van der Waals surface area (Å²) >= 11 is 0. The molecule has 7 heteroatoms. The first-order valence-corrected chi connectivity index (χ1v) is 3.94. The first-order valence-electron chi connectivity index (χ1n) is 2.55. The van der Waals surface area contributed by atoms with Crippen LogP contribution in [0.4, 0.5) is 4.79 Å². The molecule has 6 nitrogen and oxygen atoms in total. The van der Waals surface area contributed by atoms with Crippen LogP contribution in [0, 0.1) is 0 Å². The second-order valence-electron chi connectivity index (χ2n) is 1.64. The number of amides is 2. The van der Waals surface area contributed by atoms with Gasteiger partial charge in [-0.15, -0.1) is 6.58 Å². The Labute approximate surface area is 64.2 Å². The minimum atomic E-state index is -4.54. The number of nitrogens with zero attached hydrogens (tertiary/aromatic N) is 1. The maximum absolute atomic E-state index is 10.3. The Morgan fingerprint density at radius 3 is 2.27 bits per heavy atom. The van der Waals surface area contributed by atoms with E-state index in [9.17, 15) is 13.2 Å². The van der Waals surface area contributed by atoms with Gasteiger partial charge < -0.3 is 5.73 Å². The molecule has 0 aromatic carbocycles. The number of carbonyl (C=O) groups excluding carboxylic acids is 1. The number of urea groups is 1. The fraction of sp³-hybridized carbons (Fsp3) is 0.250. The van der Waals surface area contributed by atoms with E-state index in [4.69, 9.17) is 4.55 Å². The van der Waals surface area contributed by atoms with Crippen molar-refractivity contribution in [3.63, 3.8) is 0 Å². The highest BCUT2D eigenvalue weighted by molar-refractivity contribution is 7.84. The van der Waals surface area contributed by atoms with Crippen molar-refractivity contribution >= 4 is 16.3 Å². The van der Waals surface area contributed by atoms with Crippen molar-refractivity contribution in [3.05, 3.63) is 12.7 Å². The molecule has 0 aliphatic heterocycles. The summed E-state index contributed by atoms with van der Waals surface area (Å²) in [6, 6.07) is -1.24. The molecule has 0 radical (unpaired) electrons. The van der Waals surface area contributed by atoms with E-state index in [-0.39, 0.29) is 10.8 Å². The van der Waals surface area contributed by atoms with Crippen molar-refractivity contribution in [1.82, 2.24) is 4.31 Å². The summed E-state index contributed by atoms with van der Waals surface area (Å²) in [4.78, 5) is 10.3. The van der Waals surface area contributed by atoms with Gasteiger partial charge in [-0.25, -0.2) is 4.79 Å². The van der Waals surface area contributed by atoms with E-state index in [0.717, 1.165) is 6.08 Å². The molecule has 0 heterocycles. The van der Waals surface area contributed by atoms with Crippen LogP contribution in [0.15, 0.2) is 12.7 Å². The van der Waals surface area contributed by atoms with Gasteiger partial charge in [-0.3, -0.25) is 4.55 Å². The van der Waals surface area contributed by atoms with E-state index < -0.39 is 16.3 Å². The van der Waals surface area contributed by atoms with E-state index in [0.29, 0.717) is 0 Å². The molecular formula is C4H8N2O4S. The van der Waals surface area contributed by atoms with Crippen molar-refractivity contribution in [2.24, 2.45) is 5.73 Å². The molecule has 64 valence electrons. The highest BCUT2D eigenvalue weighted by Gasteiger charge is 2.20. The van der Waals surface area contributed by atoms with Gasteiger partial charge in [0.25, 0.3) is 0 Å². The summed E-state index contributed by atoms with van der Waals surface area (Å²) in [7, 11) is -4.54. The fourth-order valence-electron chi connectivity index (χ4n) is 0.415. The Hall–Kier alpha value is -1.08. The molecule has 2 amide bonds. The molecule has 0 saturated carbocycles. The standard InChI is InChI=1S/C4H8N2O4S/c1-2-3-6(4(5)7)11(8,9)10/h2H,1,3H2,(H2,5,7)(H,8,9,10). The van der Waals surface area contributed by atoms with Gasteiger partial charge in [0, 0.05) is 0 Å². The van der Waals surface area contributed by atoms with Crippen molar-refractivity contribution in [2.45, 2.75) is 0 Å². The van der Waals surface area contributed by atoms with E-state index in [1.54, 1.807) is 0 Å². The number of primary amides is 1. The topological polar surface area (TPSA) is 101 Å². The van der Waals surface area contributed by atoms with Crippen LogP contribution in [0.5, 0.6) is 0 Å². The van der Waals surface area contributed by atoms with Crippen LogP contribution in [0.2, 0.25) is 0 Å². The number of hydrogen-bond donors (Lipinski definition) is 2. The second kappa shape index (κ2) is 3.35. The van der Waals surface area contributed by atoms with Gasteiger partial charge in [0.2, 0.25) is 0 Å². The lowest BCUT2D eigenvalue weighted by Crippen LogP contribution is -2.40. The van der Waals surface area contributed by atoms with Gasteiger partial charge >= 0.3 is 16.3 Å². The number of nitrogens with two attached hydrogens (primary N) is 1. The highest BCUT2D eigenvalue weighted by atomic mass is 32.2. The Morgan fingerprint density at radius 1 is 1.73 bits per heavy atom. The summed E-state index contributed by atoms with van der Waals surface area (Å²) < 4.78 is 29.0. The lowest BCUT2D eigenvalue weighted by molar-refractivity contribution is 0.231. The van der Waals surface area contributed by atoms with Crippen molar-refractivity contribution in [1.29, 1.82) is 0 Å². The van der Waals surface area contributed by atoms with Gasteiger partial charge in [0.15, 0.2) is 0 Å². The zero-order valence-corrected chi connectivity index (χ0v) is 6.41. The molecule has 0 atom stereocenters. The Kier molecular flexibility index (Phi) is 3.02. The molecule has 0 rings (SSSR count). The minimum absolute atomic E-state index is 0.0833. The molecule has 11 heavy (non-hydrogen) atoms. The van der Waals surface area contributed by atoms with Gasteiger partial charge in [-0.1, -0.05) is 6.08 Å². The highest BCUT2D eigenvalue weighted by Crippen LogP contribution is 1.95. The molecule has 0 unspecified atom stereocenters. The number of hydrogen-bond acceptors (Lipinski definition) is 3. The Bertz CT molecular complexity index is 257.